The summed E-state index contributed by atoms with van der Waals surface area (Å²) in [5.41, 5.74) is 0.724. The molecule has 66 valence electrons. The second kappa shape index (κ2) is 4.02. The van der Waals surface area contributed by atoms with Crippen molar-refractivity contribution >= 4 is 22.6 Å². The lowest BCUT2D eigenvalue weighted by atomic mass is 10.2. The molecule has 0 radical (unpaired) electrons. The molecule has 1 aromatic rings. The van der Waals surface area contributed by atoms with E-state index in [1.165, 1.54) is 0 Å². The van der Waals surface area contributed by atoms with E-state index in [1.807, 2.05) is 0 Å². The average Bonchev–Trinajstić information content (AvgIpc) is 1.94. The summed E-state index contributed by atoms with van der Waals surface area (Å²) < 4.78 is 28.8. The molecule has 0 heterocycles. The lowest BCUT2D eigenvalue weighted by Gasteiger charge is -2.07. The Balaban J connectivity index is 2.86. The van der Waals surface area contributed by atoms with Crippen LogP contribution < -0.4 is 4.74 Å². The van der Waals surface area contributed by atoms with Gasteiger partial charge in [-0.1, -0.05) is 0 Å². The molecule has 0 aliphatic rings. The molecule has 1 rings (SSSR count). The third kappa shape index (κ3) is 2.58. The first-order chi connectivity index (χ1) is 5.59. The second-order valence-electron chi connectivity index (χ2n) is 2.29. The first-order valence-corrected chi connectivity index (χ1v) is 4.38. The lowest BCUT2D eigenvalue weighted by molar-refractivity contribution is -0.0502. The van der Waals surface area contributed by atoms with E-state index in [2.05, 4.69) is 27.3 Å². The minimum absolute atomic E-state index is 0.241. The van der Waals surface area contributed by atoms with Crippen LogP contribution in [-0.2, 0) is 0 Å². The van der Waals surface area contributed by atoms with Gasteiger partial charge in [0.1, 0.15) is 5.75 Å². The van der Waals surface area contributed by atoms with Gasteiger partial charge in [0.05, 0.1) is 0 Å². The molecule has 0 aliphatic carbocycles. The minimum atomic E-state index is -2.75. The molecule has 1 aromatic carbocycles. The Morgan fingerprint density at radius 2 is 2.08 bits per heavy atom. The molecule has 1 nitrogen and oxygen atoms in total. The number of aryl methyl sites for hydroxylation is 1. The van der Waals surface area contributed by atoms with E-state index in [0.29, 0.717) is 0 Å². The van der Waals surface area contributed by atoms with Gasteiger partial charge in [-0.3, -0.25) is 0 Å². The van der Waals surface area contributed by atoms with E-state index < -0.39 is 6.61 Å². The molecule has 0 N–H and O–H groups in total. The van der Waals surface area contributed by atoms with Crippen LogP contribution in [0.25, 0.3) is 0 Å². The van der Waals surface area contributed by atoms with Gasteiger partial charge in [-0.2, -0.15) is 8.78 Å². The fraction of sp³-hybridized carbons (Fsp3) is 0.250. The summed E-state index contributed by atoms with van der Waals surface area (Å²) in [5, 5.41) is 0. The zero-order chi connectivity index (χ0) is 9.14. The Morgan fingerprint density at radius 1 is 1.42 bits per heavy atom. The van der Waals surface area contributed by atoms with Crippen molar-refractivity contribution in [1.29, 1.82) is 0 Å². The Morgan fingerprint density at radius 3 is 2.58 bits per heavy atom. The number of hydrogen-bond acceptors (Lipinski definition) is 1. The standard InChI is InChI=1S/C8H7F2IO/c1-5-4-6(11)2-3-7(5)12-8(9)10/h2-4,8H,1H3. The van der Waals surface area contributed by atoms with Crippen molar-refractivity contribution in [1.82, 2.24) is 0 Å². The fourth-order valence-corrected chi connectivity index (χ4v) is 1.49. The third-order valence-corrected chi connectivity index (χ3v) is 2.02. The first-order valence-electron chi connectivity index (χ1n) is 3.30. The van der Waals surface area contributed by atoms with Gasteiger partial charge in [-0.15, -0.1) is 0 Å². The van der Waals surface area contributed by atoms with Crippen LogP contribution in [-0.4, -0.2) is 6.61 Å². The Labute approximate surface area is 82.9 Å². The number of alkyl halides is 2. The summed E-state index contributed by atoms with van der Waals surface area (Å²) >= 11 is 2.11. The Kier molecular flexibility index (Phi) is 3.25. The van der Waals surface area contributed by atoms with Gasteiger partial charge in [0.25, 0.3) is 0 Å². The van der Waals surface area contributed by atoms with Crippen LogP contribution >= 0.6 is 22.6 Å². The van der Waals surface area contributed by atoms with Gasteiger partial charge in [-0.05, 0) is 53.3 Å². The number of hydrogen-bond donors (Lipinski definition) is 0. The van der Waals surface area contributed by atoms with E-state index in [-0.39, 0.29) is 5.75 Å². The van der Waals surface area contributed by atoms with Crippen LogP contribution in [0.3, 0.4) is 0 Å². The molecule has 0 spiro atoms. The molecular weight excluding hydrogens is 277 g/mol. The van der Waals surface area contributed by atoms with Crippen LogP contribution in [0.2, 0.25) is 0 Å². The summed E-state index contributed by atoms with van der Waals surface area (Å²) in [5.74, 6) is 0.241. The highest BCUT2D eigenvalue weighted by atomic mass is 127. The van der Waals surface area contributed by atoms with E-state index in [4.69, 9.17) is 0 Å². The van der Waals surface area contributed by atoms with Crippen LogP contribution in [0, 0.1) is 10.5 Å². The van der Waals surface area contributed by atoms with Crippen molar-refractivity contribution in [2.45, 2.75) is 13.5 Å². The molecule has 0 aliphatic heterocycles. The third-order valence-electron chi connectivity index (χ3n) is 1.35. The maximum atomic E-state index is 11.8. The number of benzene rings is 1. The molecule has 0 aromatic heterocycles. The van der Waals surface area contributed by atoms with Crippen LogP contribution in [0.15, 0.2) is 18.2 Å². The van der Waals surface area contributed by atoms with Crippen molar-refractivity contribution in [2.75, 3.05) is 0 Å². The van der Waals surface area contributed by atoms with Crippen molar-refractivity contribution in [3.63, 3.8) is 0 Å². The van der Waals surface area contributed by atoms with Crippen LogP contribution in [0.5, 0.6) is 5.75 Å². The monoisotopic (exact) mass is 284 g/mol. The van der Waals surface area contributed by atoms with Gasteiger partial charge < -0.3 is 4.74 Å². The predicted molar refractivity (Wildman–Crippen MR) is 50.5 cm³/mol. The molecule has 0 saturated heterocycles. The van der Waals surface area contributed by atoms with Gasteiger partial charge in [-0.25, -0.2) is 0 Å². The van der Waals surface area contributed by atoms with E-state index >= 15 is 0 Å². The molecule has 4 heteroatoms. The van der Waals surface area contributed by atoms with Crippen LogP contribution in [0.4, 0.5) is 8.78 Å². The highest BCUT2D eigenvalue weighted by Crippen LogP contribution is 2.21. The molecule has 0 fully saturated rings. The Bertz CT molecular complexity index is 276. The maximum Gasteiger partial charge on any atom is 0.387 e. The molecular formula is C8H7F2IO. The quantitative estimate of drug-likeness (QED) is 0.758. The topological polar surface area (TPSA) is 9.23 Å². The average molecular weight is 284 g/mol. The zero-order valence-electron chi connectivity index (χ0n) is 6.35. The zero-order valence-corrected chi connectivity index (χ0v) is 8.51. The van der Waals surface area contributed by atoms with Crippen molar-refractivity contribution in [2.24, 2.45) is 0 Å². The number of halogens is 3. The van der Waals surface area contributed by atoms with Gasteiger partial charge in [0.15, 0.2) is 0 Å². The maximum absolute atomic E-state index is 11.8. The molecule has 0 saturated carbocycles. The highest BCUT2D eigenvalue weighted by molar-refractivity contribution is 14.1. The molecule has 12 heavy (non-hydrogen) atoms. The van der Waals surface area contributed by atoms with E-state index in [0.717, 1.165) is 9.13 Å². The minimum Gasteiger partial charge on any atom is -0.435 e. The summed E-state index contributed by atoms with van der Waals surface area (Å²) in [6, 6.07) is 5.06. The normalized spacial score (nSPS) is 10.4. The number of rotatable bonds is 2. The summed E-state index contributed by atoms with van der Waals surface area (Å²) in [4.78, 5) is 0. The fourth-order valence-electron chi connectivity index (χ4n) is 0.841. The Hall–Kier alpha value is -0.390. The van der Waals surface area contributed by atoms with E-state index in [9.17, 15) is 8.78 Å². The summed E-state index contributed by atoms with van der Waals surface area (Å²) in [6.07, 6.45) is 0. The van der Waals surface area contributed by atoms with Crippen molar-refractivity contribution < 1.29 is 13.5 Å². The van der Waals surface area contributed by atoms with Crippen LogP contribution in [0.1, 0.15) is 5.56 Å². The molecule has 0 amide bonds. The SMILES string of the molecule is Cc1cc(I)ccc1OC(F)F. The molecule has 0 unspecified atom stereocenters. The van der Waals surface area contributed by atoms with Gasteiger partial charge in [0, 0.05) is 3.57 Å². The van der Waals surface area contributed by atoms with Gasteiger partial charge >= 0.3 is 6.61 Å². The second-order valence-corrected chi connectivity index (χ2v) is 3.53. The number of ether oxygens (including phenoxy) is 1. The molecule has 0 atom stereocenters. The van der Waals surface area contributed by atoms with E-state index in [1.54, 1.807) is 25.1 Å². The smallest absolute Gasteiger partial charge is 0.387 e. The largest absolute Gasteiger partial charge is 0.435 e. The summed E-state index contributed by atoms with van der Waals surface area (Å²) in [7, 11) is 0. The van der Waals surface area contributed by atoms with Crippen molar-refractivity contribution in [3.05, 3.63) is 27.3 Å². The predicted octanol–water partition coefficient (Wildman–Crippen LogP) is 3.20. The lowest BCUT2D eigenvalue weighted by Crippen LogP contribution is -2.03. The highest BCUT2D eigenvalue weighted by Gasteiger charge is 2.06. The first kappa shape index (κ1) is 9.70. The van der Waals surface area contributed by atoms with Crippen molar-refractivity contribution in [3.8, 4) is 5.75 Å². The van der Waals surface area contributed by atoms with Gasteiger partial charge in [0.2, 0.25) is 0 Å². The summed E-state index contributed by atoms with van der Waals surface area (Å²) in [6.45, 7) is -1.01. The molecule has 0 bridgehead atoms.